The average molecular weight is 440 g/mol. The molecule has 31 heavy (non-hydrogen) atoms. The van der Waals surface area contributed by atoms with Gasteiger partial charge in [-0.15, -0.1) is 0 Å². The highest BCUT2D eigenvalue weighted by molar-refractivity contribution is 6.04. The van der Waals surface area contributed by atoms with Crippen LogP contribution in [0.3, 0.4) is 0 Å². The zero-order valence-electron chi connectivity index (χ0n) is 15.1. The molecular formula is C18H10F6N6O. The summed E-state index contributed by atoms with van der Waals surface area (Å²) in [5.74, 6) is -0.560. The van der Waals surface area contributed by atoms with Gasteiger partial charge in [-0.2, -0.15) is 31.4 Å². The van der Waals surface area contributed by atoms with Crippen LogP contribution in [0.4, 0.5) is 37.7 Å². The summed E-state index contributed by atoms with van der Waals surface area (Å²) in [5, 5.41) is 8.88. The molecule has 0 spiro atoms. The average Bonchev–Trinajstić information content (AvgIpc) is 3.16. The van der Waals surface area contributed by atoms with Crippen LogP contribution in [-0.2, 0) is 12.4 Å². The molecule has 13 heteroatoms. The van der Waals surface area contributed by atoms with Crippen molar-refractivity contribution in [3.05, 3.63) is 82.0 Å². The predicted octanol–water partition coefficient (Wildman–Crippen LogP) is 6.10. The summed E-state index contributed by atoms with van der Waals surface area (Å²) in [6.07, 6.45) is -10.1. The Morgan fingerprint density at radius 2 is 1.58 bits per heavy atom. The number of rotatable bonds is 4. The Kier molecular flexibility index (Phi) is 5.62. The molecule has 160 valence electrons. The molecule has 0 saturated carbocycles. The van der Waals surface area contributed by atoms with Crippen molar-refractivity contribution in [3.63, 3.8) is 0 Å². The Bertz CT molecular complexity index is 1140. The minimum atomic E-state index is -5.06. The SMILES string of the molecule is [N-]=[N+]=Nc1ccc(C(=O)Nc2ccc(-n3nc(C(F)(F)F)cc3C(F)(F)F)cc2)cc1. The lowest BCUT2D eigenvalue weighted by Crippen LogP contribution is -2.14. The van der Waals surface area contributed by atoms with Gasteiger partial charge in [0.25, 0.3) is 5.91 Å². The highest BCUT2D eigenvalue weighted by Gasteiger charge is 2.42. The Labute approximate surface area is 169 Å². The maximum Gasteiger partial charge on any atom is 0.435 e. The molecule has 1 heterocycles. The van der Waals surface area contributed by atoms with E-state index in [0.29, 0.717) is 5.69 Å². The zero-order valence-corrected chi connectivity index (χ0v) is 15.1. The number of carbonyl (C=O) groups excluding carboxylic acids is 1. The maximum atomic E-state index is 13.1. The van der Waals surface area contributed by atoms with Crippen molar-refractivity contribution in [1.29, 1.82) is 0 Å². The number of benzene rings is 2. The summed E-state index contributed by atoms with van der Waals surface area (Å²) < 4.78 is 78.0. The van der Waals surface area contributed by atoms with Crippen molar-refractivity contribution in [2.24, 2.45) is 5.11 Å². The van der Waals surface area contributed by atoms with Gasteiger partial charge in [-0.25, -0.2) is 4.68 Å². The Balaban J connectivity index is 1.84. The second kappa shape index (κ2) is 8.03. The molecule has 0 saturated heterocycles. The molecule has 1 N–H and O–H groups in total. The van der Waals surface area contributed by atoms with E-state index < -0.39 is 29.6 Å². The topological polar surface area (TPSA) is 95.7 Å². The van der Waals surface area contributed by atoms with Gasteiger partial charge in [-0.1, -0.05) is 17.2 Å². The number of carbonyl (C=O) groups is 1. The molecule has 0 aliphatic heterocycles. The van der Waals surface area contributed by atoms with Crippen LogP contribution in [0.1, 0.15) is 21.7 Å². The molecule has 2 aromatic carbocycles. The van der Waals surface area contributed by atoms with Gasteiger partial charge >= 0.3 is 12.4 Å². The van der Waals surface area contributed by atoms with Crippen molar-refractivity contribution in [2.75, 3.05) is 5.32 Å². The van der Waals surface area contributed by atoms with Crippen LogP contribution in [0.15, 0.2) is 59.7 Å². The monoisotopic (exact) mass is 440 g/mol. The van der Waals surface area contributed by atoms with Crippen molar-refractivity contribution in [1.82, 2.24) is 9.78 Å². The molecule has 3 aromatic rings. The molecule has 7 nitrogen and oxygen atoms in total. The lowest BCUT2D eigenvalue weighted by atomic mass is 10.2. The van der Waals surface area contributed by atoms with Gasteiger partial charge < -0.3 is 5.32 Å². The third-order valence-electron chi connectivity index (χ3n) is 3.95. The highest BCUT2D eigenvalue weighted by atomic mass is 19.4. The van der Waals surface area contributed by atoms with Crippen molar-refractivity contribution in [2.45, 2.75) is 12.4 Å². The molecule has 3 rings (SSSR count). The summed E-state index contributed by atoms with van der Waals surface area (Å²) in [6, 6.07) is 10.1. The summed E-state index contributed by atoms with van der Waals surface area (Å²) in [7, 11) is 0. The fraction of sp³-hybridized carbons (Fsp3) is 0.111. The Morgan fingerprint density at radius 3 is 2.10 bits per heavy atom. The summed E-state index contributed by atoms with van der Waals surface area (Å²) >= 11 is 0. The van der Waals surface area contributed by atoms with E-state index >= 15 is 0 Å². The lowest BCUT2D eigenvalue weighted by Gasteiger charge is -2.11. The number of azide groups is 1. The van der Waals surface area contributed by atoms with Crippen LogP contribution < -0.4 is 5.32 Å². The first-order valence-electron chi connectivity index (χ1n) is 8.30. The van der Waals surface area contributed by atoms with Crippen molar-refractivity contribution >= 4 is 17.3 Å². The molecule has 0 unspecified atom stereocenters. The molecule has 1 amide bonds. The van der Waals surface area contributed by atoms with Gasteiger partial charge in [0.1, 0.15) is 5.69 Å². The number of nitrogens with one attached hydrogen (secondary N) is 1. The normalized spacial score (nSPS) is 11.7. The molecule has 0 atom stereocenters. The van der Waals surface area contributed by atoms with Crippen LogP contribution in [0.25, 0.3) is 16.1 Å². The van der Waals surface area contributed by atoms with Gasteiger partial charge in [-0.05, 0) is 41.9 Å². The number of alkyl halides is 6. The maximum absolute atomic E-state index is 13.1. The van der Waals surface area contributed by atoms with Crippen LogP contribution in [0.5, 0.6) is 0 Å². The molecule has 0 aliphatic carbocycles. The Hall–Kier alpha value is -3.99. The first-order valence-corrected chi connectivity index (χ1v) is 8.30. The number of anilines is 1. The Morgan fingerprint density at radius 1 is 0.968 bits per heavy atom. The first kappa shape index (κ1) is 21.7. The molecular weight excluding hydrogens is 430 g/mol. The third-order valence-corrected chi connectivity index (χ3v) is 3.95. The second-order valence-electron chi connectivity index (χ2n) is 6.06. The van der Waals surface area contributed by atoms with E-state index in [1.807, 2.05) is 0 Å². The molecule has 0 aliphatic rings. The van der Waals surface area contributed by atoms with E-state index in [0.717, 1.165) is 12.1 Å². The standard InChI is InChI=1S/C18H10F6N6O/c19-17(20,21)14-9-15(18(22,23)24)30(28-14)13-7-5-11(6-8-13)26-16(31)10-1-3-12(4-2-10)27-29-25/h1-9H,(H,26,31). The third kappa shape index (κ3) is 4.95. The fourth-order valence-electron chi connectivity index (χ4n) is 2.54. The number of nitrogens with zero attached hydrogens (tertiary/aromatic N) is 5. The minimum Gasteiger partial charge on any atom is -0.322 e. The van der Waals surface area contributed by atoms with E-state index in [9.17, 15) is 31.1 Å². The highest BCUT2D eigenvalue weighted by Crippen LogP contribution is 2.36. The van der Waals surface area contributed by atoms with Crippen LogP contribution in [-0.4, -0.2) is 15.7 Å². The van der Waals surface area contributed by atoms with Gasteiger partial charge in [0, 0.05) is 27.9 Å². The van der Waals surface area contributed by atoms with Crippen molar-refractivity contribution in [3.8, 4) is 5.69 Å². The van der Waals surface area contributed by atoms with Crippen LogP contribution in [0.2, 0.25) is 0 Å². The number of halogens is 6. The van der Waals surface area contributed by atoms with E-state index in [1.165, 1.54) is 36.4 Å². The lowest BCUT2D eigenvalue weighted by molar-refractivity contribution is -0.143. The number of hydrogen-bond acceptors (Lipinski definition) is 3. The second-order valence-corrected chi connectivity index (χ2v) is 6.06. The summed E-state index contributed by atoms with van der Waals surface area (Å²) in [5.41, 5.74) is 5.50. The summed E-state index contributed by atoms with van der Waals surface area (Å²) in [6.45, 7) is 0. The van der Waals surface area contributed by atoms with Gasteiger partial charge in [0.2, 0.25) is 0 Å². The molecule has 1 aromatic heterocycles. The number of hydrogen-bond donors (Lipinski definition) is 1. The molecule has 0 fully saturated rings. The van der Waals surface area contributed by atoms with Gasteiger partial charge in [0.05, 0.1) is 5.69 Å². The van der Waals surface area contributed by atoms with E-state index in [4.69, 9.17) is 5.53 Å². The van der Waals surface area contributed by atoms with E-state index in [2.05, 4.69) is 20.4 Å². The summed E-state index contributed by atoms with van der Waals surface area (Å²) in [4.78, 5) is 14.8. The van der Waals surface area contributed by atoms with Gasteiger partial charge in [-0.3, -0.25) is 4.79 Å². The zero-order chi connectivity index (χ0) is 22.8. The predicted molar refractivity (Wildman–Crippen MR) is 96.8 cm³/mol. The smallest absolute Gasteiger partial charge is 0.322 e. The number of aromatic nitrogens is 2. The fourth-order valence-corrected chi connectivity index (χ4v) is 2.54. The van der Waals surface area contributed by atoms with E-state index in [-0.39, 0.29) is 27.7 Å². The van der Waals surface area contributed by atoms with E-state index in [1.54, 1.807) is 0 Å². The van der Waals surface area contributed by atoms with Crippen LogP contribution >= 0.6 is 0 Å². The van der Waals surface area contributed by atoms with Gasteiger partial charge in [0.15, 0.2) is 5.69 Å². The van der Waals surface area contributed by atoms with Crippen LogP contribution in [0, 0.1) is 0 Å². The number of amides is 1. The largest absolute Gasteiger partial charge is 0.435 e. The molecule has 0 radical (unpaired) electrons. The molecule has 0 bridgehead atoms. The first-order chi connectivity index (χ1) is 14.5. The minimum absolute atomic E-state index is 0.0737. The van der Waals surface area contributed by atoms with Crippen molar-refractivity contribution < 1.29 is 31.1 Å². The quantitative estimate of drug-likeness (QED) is 0.230.